The quantitative estimate of drug-likeness (QED) is 0.553. The molecule has 3 aromatic rings. The highest BCUT2D eigenvalue weighted by Crippen LogP contribution is 2.26. The topological polar surface area (TPSA) is 85.0 Å². The van der Waals surface area contributed by atoms with Gasteiger partial charge in [-0.05, 0) is 24.6 Å². The van der Waals surface area contributed by atoms with E-state index in [1.54, 1.807) is 0 Å². The van der Waals surface area contributed by atoms with E-state index in [1.165, 1.54) is 12.1 Å². The van der Waals surface area contributed by atoms with E-state index < -0.39 is 4.92 Å². The summed E-state index contributed by atoms with van der Waals surface area (Å²) in [4.78, 5) is 17.4. The number of hydrogen-bond donors (Lipinski definition) is 1. The first kappa shape index (κ1) is 10.5. The first-order valence-electron chi connectivity index (χ1n) is 5.35. The van der Waals surface area contributed by atoms with Crippen molar-refractivity contribution < 1.29 is 9.34 Å². The summed E-state index contributed by atoms with van der Waals surface area (Å²) >= 11 is 0. The van der Waals surface area contributed by atoms with E-state index in [0.717, 1.165) is 16.6 Å². The number of fused-ring (bicyclic) bond motifs is 1. The summed E-state index contributed by atoms with van der Waals surface area (Å²) < 4.78 is 5.11. The Labute approximate surface area is 101 Å². The molecule has 1 N–H and O–H groups in total. The molecule has 0 saturated carbocycles. The van der Waals surface area contributed by atoms with Gasteiger partial charge in [-0.3, -0.25) is 10.1 Å². The minimum Gasteiger partial charge on any atom is -0.397 e. The molecule has 0 fully saturated rings. The van der Waals surface area contributed by atoms with Crippen molar-refractivity contribution in [1.82, 2.24) is 9.97 Å². The number of nitrogens with one attached hydrogen (secondary N) is 1. The Morgan fingerprint density at radius 3 is 2.83 bits per heavy atom. The van der Waals surface area contributed by atoms with Crippen LogP contribution in [0.1, 0.15) is 5.56 Å². The van der Waals surface area contributed by atoms with Gasteiger partial charge in [0.2, 0.25) is 0 Å². The third-order valence-electron chi connectivity index (χ3n) is 2.73. The Morgan fingerprint density at radius 2 is 2.17 bits per heavy atom. The lowest BCUT2D eigenvalue weighted by molar-refractivity contribution is -0.401. The predicted molar refractivity (Wildman–Crippen MR) is 65.2 cm³/mol. The number of nitrogens with zero attached hydrogens (tertiary/aromatic N) is 2. The summed E-state index contributed by atoms with van der Waals surface area (Å²) in [5, 5.41) is 10.6. The monoisotopic (exact) mass is 243 g/mol. The maximum absolute atomic E-state index is 10.6. The first-order chi connectivity index (χ1) is 8.65. The highest BCUT2D eigenvalue weighted by Gasteiger charge is 2.15. The molecule has 18 heavy (non-hydrogen) atoms. The van der Waals surface area contributed by atoms with E-state index in [4.69, 9.17) is 4.42 Å². The van der Waals surface area contributed by atoms with Crippen molar-refractivity contribution >= 4 is 16.9 Å². The number of benzene rings is 1. The molecule has 6 heteroatoms. The van der Waals surface area contributed by atoms with E-state index >= 15 is 0 Å². The van der Waals surface area contributed by atoms with Crippen molar-refractivity contribution in [3.63, 3.8) is 0 Å². The van der Waals surface area contributed by atoms with Crippen LogP contribution in [-0.4, -0.2) is 14.9 Å². The van der Waals surface area contributed by atoms with Crippen LogP contribution in [-0.2, 0) is 0 Å². The smallest absolute Gasteiger partial charge is 0.397 e. The zero-order valence-electron chi connectivity index (χ0n) is 9.51. The van der Waals surface area contributed by atoms with Gasteiger partial charge in [-0.2, -0.15) is 0 Å². The summed E-state index contributed by atoms with van der Waals surface area (Å²) in [7, 11) is 0. The Morgan fingerprint density at radius 1 is 1.33 bits per heavy atom. The van der Waals surface area contributed by atoms with Gasteiger partial charge in [0.1, 0.15) is 4.92 Å². The average Bonchev–Trinajstić information content (AvgIpc) is 2.95. The lowest BCUT2D eigenvalue weighted by Gasteiger charge is -1.91. The van der Waals surface area contributed by atoms with Crippen LogP contribution in [0.3, 0.4) is 0 Å². The lowest BCUT2D eigenvalue weighted by Crippen LogP contribution is -1.83. The number of aryl methyl sites for hydroxylation is 1. The minimum absolute atomic E-state index is 0.290. The largest absolute Gasteiger partial charge is 0.433 e. The normalized spacial score (nSPS) is 10.9. The minimum atomic E-state index is -0.572. The molecule has 90 valence electrons. The van der Waals surface area contributed by atoms with Gasteiger partial charge in [-0.1, -0.05) is 12.1 Å². The van der Waals surface area contributed by atoms with Crippen LogP contribution < -0.4 is 0 Å². The number of rotatable bonds is 2. The summed E-state index contributed by atoms with van der Waals surface area (Å²) in [6, 6.07) is 8.60. The number of furan rings is 1. The summed E-state index contributed by atoms with van der Waals surface area (Å²) in [5.74, 6) is 0.562. The molecule has 0 saturated heterocycles. The third-order valence-corrected chi connectivity index (χ3v) is 2.73. The second-order valence-electron chi connectivity index (χ2n) is 3.95. The van der Waals surface area contributed by atoms with Crippen LogP contribution >= 0.6 is 0 Å². The van der Waals surface area contributed by atoms with Gasteiger partial charge >= 0.3 is 5.88 Å². The van der Waals surface area contributed by atoms with Crippen LogP contribution in [0.25, 0.3) is 22.6 Å². The number of imidazole rings is 1. The van der Waals surface area contributed by atoms with E-state index in [2.05, 4.69) is 9.97 Å². The molecule has 0 spiro atoms. The van der Waals surface area contributed by atoms with Crippen LogP contribution in [0, 0.1) is 17.0 Å². The molecule has 1 aromatic carbocycles. The highest BCUT2D eigenvalue weighted by molar-refractivity contribution is 5.81. The zero-order chi connectivity index (χ0) is 12.7. The van der Waals surface area contributed by atoms with Gasteiger partial charge in [0, 0.05) is 0 Å². The molecule has 0 amide bonds. The second-order valence-corrected chi connectivity index (χ2v) is 3.95. The molecule has 0 bridgehead atoms. The Hall–Kier alpha value is -2.63. The number of para-hydroxylation sites is 1. The molecular formula is C12H9N3O3. The molecule has 2 aromatic heterocycles. The number of aromatic nitrogens is 2. The Kier molecular flexibility index (Phi) is 2.16. The summed E-state index contributed by atoms with van der Waals surface area (Å²) in [6.45, 7) is 1.97. The van der Waals surface area contributed by atoms with Gasteiger partial charge in [0.15, 0.2) is 11.6 Å². The molecule has 0 radical (unpaired) electrons. The van der Waals surface area contributed by atoms with E-state index in [1.807, 2.05) is 25.1 Å². The molecule has 0 aliphatic heterocycles. The molecule has 0 unspecified atom stereocenters. The average molecular weight is 243 g/mol. The summed E-state index contributed by atoms with van der Waals surface area (Å²) in [5.41, 5.74) is 2.78. The van der Waals surface area contributed by atoms with Gasteiger partial charge in [0.05, 0.1) is 17.1 Å². The Bertz CT molecular complexity index is 742. The maximum atomic E-state index is 10.6. The van der Waals surface area contributed by atoms with Crippen LogP contribution in [0.2, 0.25) is 0 Å². The van der Waals surface area contributed by atoms with Crippen LogP contribution in [0.4, 0.5) is 5.88 Å². The second kappa shape index (κ2) is 3.69. The molecule has 0 atom stereocenters. The van der Waals surface area contributed by atoms with Gasteiger partial charge in [-0.25, -0.2) is 4.98 Å². The van der Waals surface area contributed by atoms with Crippen molar-refractivity contribution in [3.8, 4) is 11.6 Å². The predicted octanol–water partition coefficient (Wildman–Crippen LogP) is 3.04. The van der Waals surface area contributed by atoms with Crippen LogP contribution in [0.5, 0.6) is 0 Å². The van der Waals surface area contributed by atoms with Crippen LogP contribution in [0.15, 0.2) is 34.7 Å². The standard InChI is InChI=1S/C12H9N3O3/c1-7-3-2-4-8-11(7)14-12(13-8)9-5-6-10(18-9)15(16)17/h2-6H,1H3,(H,13,14). The maximum Gasteiger partial charge on any atom is 0.433 e. The number of aromatic amines is 1. The van der Waals surface area contributed by atoms with Crippen molar-refractivity contribution in [2.75, 3.05) is 0 Å². The molecule has 6 nitrogen and oxygen atoms in total. The molecule has 3 rings (SSSR count). The van der Waals surface area contributed by atoms with Gasteiger partial charge in [0.25, 0.3) is 0 Å². The molecule has 0 aliphatic carbocycles. The third kappa shape index (κ3) is 1.55. The molecule has 2 heterocycles. The SMILES string of the molecule is Cc1cccc2nc(-c3ccc([N+](=O)[O-])o3)[nH]c12. The van der Waals surface area contributed by atoms with Crippen molar-refractivity contribution in [3.05, 3.63) is 46.0 Å². The van der Waals surface area contributed by atoms with Gasteiger partial charge < -0.3 is 9.40 Å². The van der Waals surface area contributed by atoms with Crippen molar-refractivity contribution in [1.29, 1.82) is 0 Å². The first-order valence-corrected chi connectivity index (χ1v) is 5.35. The molecule has 0 aliphatic rings. The van der Waals surface area contributed by atoms with Crippen molar-refractivity contribution in [2.24, 2.45) is 0 Å². The number of hydrogen-bond acceptors (Lipinski definition) is 4. The number of H-pyrrole nitrogens is 1. The number of nitro groups is 1. The fraction of sp³-hybridized carbons (Fsp3) is 0.0833. The van der Waals surface area contributed by atoms with Gasteiger partial charge in [-0.15, -0.1) is 0 Å². The van der Waals surface area contributed by atoms with E-state index in [9.17, 15) is 10.1 Å². The molecular weight excluding hydrogens is 234 g/mol. The Balaban J connectivity index is 2.13. The highest BCUT2D eigenvalue weighted by atomic mass is 16.6. The van der Waals surface area contributed by atoms with Crippen molar-refractivity contribution in [2.45, 2.75) is 6.92 Å². The lowest BCUT2D eigenvalue weighted by atomic mass is 10.2. The fourth-order valence-electron chi connectivity index (χ4n) is 1.84. The van der Waals surface area contributed by atoms with E-state index in [0.29, 0.717) is 11.6 Å². The summed E-state index contributed by atoms with van der Waals surface area (Å²) in [6.07, 6.45) is 0. The van der Waals surface area contributed by atoms with E-state index in [-0.39, 0.29) is 5.88 Å². The fourth-order valence-corrected chi connectivity index (χ4v) is 1.84. The zero-order valence-corrected chi connectivity index (χ0v) is 9.51.